The van der Waals surface area contributed by atoms with Crippen LogP contribution in [0.1, 0.15) is 35.5 Å². The Bertz CT molecular complexity index is 921. The van der Waals surface area contributed by atoms with E-state index >= 15 is 0 Å². The number of rotatable bonds is 1. The van der Waals surface area contributed by atoms with E-state index in [2.05, 4.69) is 4.98 Å². The van der Waals surface area contributed by atoms with Crippen molar-refractivity contribution < 1.29 is 13.2 Å². The molecule has 128 valence electrons. The van der Waals surface area contributed by atoms with Crippen molar-refractivity contribution >= 4 is 26.6 Å². The minimum Gasteiger partial charge on any atom is -0.334 e. The van der Waals surface area contributed by atoms with Crippen LogP contribution in [0.5, 0.6) is 0 Å². The van der Waals surface area contributed by atoms with Crippen molar-refractivity contribution in [2.45, 2.75) is 39.0 Å². The zero-order valence-corrected chi connectivity index (χ0v) is 15.2. The summed E-state index contributed by atoms with van der Waals surface area (Å²) in [6, 6.07) is 7.46. The zero-order valence-electron chi connectivity index (χ0n) is 14.4. The van der Waals surface area contributed by atoms with Gasteiger partial charge in [-0.2, -0.15) is 0 Å². The molecule has 24 heavy (non-hydrogen) atoms. The van der Waals surface area contributed by atoms with Crippen LogP contribution in [0, 0.1) is 13.8 Å². The number of hydrogen-bond donors (Lipinski definition) is 0. The van der Waals surface area contributed by atoms with Crippen LogP contribution in [-0.2, 0) is 9.84 Å². The highest BCUT2D eigenvalue weighted by molar-refractivity contribution is 7.92. The van der Waals surface area contributed by atoms with Crippen molar-refractivity contribution in [2.24, 2.45) is 0 Å². The van der Waals surface area contributed by atoms with Crippen LogP contribution >= 0.6 is 0 Å². The predicted molar refractivity (Wildman–Crippen MR) is 95.0 cm³/mol. The van der Waals surface area contributed by atoms with Crippen LogP contribution in [-0.4, -0.2) is 47.8 Å². The average Bonchev–Trinajstić information content (AvgIpc) is 2.51. The number of nitrogens with zero attached hydrogens (tertiary/aromatic N) is 2. The summed E-state index contributed by atoms with van der Waals surface area (Å²) in [4.78, 5) is 19.2. The number of benzene rings is 1. The lowest BCUT2D eigenvalue weighted by molar-refractivity contribution is 0.0692. The van der Waals surface area contributed by atoms with Crippen molar-refractivity contribution in [1.82, 2.24) is 9.88 Å². The molecule has 0 saturated carbocycles. The lowest BCUT2D eigenvalue weighted by Crippen LogP contribution is -2.54. The van der Waals surface area contributed by atoms with Crippen molar-refractivity contribution in [3.63, 3.8) is 0 Å². The van der Waals surface area contributed by atoms with Crippen LogP contribution in [0.2, 0.25) is 0 Å². The Balaban J connectivity index is 2.00. The Morgan fingerprint density at radius 2 is 1.92 bits per heavy atom. The molecule has 0 N–H and O–H groups in total. The first-order valence-electron chi connectivity index (χ1n) is 8.11. The quantitative estimate of drug-likeness (QED) is 0.796. The van der Waals surface area contributed by atoms with Gasteiger partial charge in [0.25, 0.3) is 5.91 Å². The highest BCUT2D eigenvalue weighted by atomic mass is 32.2. The summed E-state index contributed by atoms with van der Waals surface area (Å²) in [5, 5.41) is 0.367. The van der Waals surface area contributed by atoms with Crippen LogP contribution < -0.4 is 0 Å². The molecule has 1 aromatic carbocycles. The van der Waals surface area contributed by atoms with Crippen LogP contribution in [0.25, 0.3) is 10.9 Å². The summed E-state index contributed by atoms with van der Waals surface area (Å²) in [6.07, 6.45) is 0. The fraction of sp³-hybridized carbons (Fsp3) is 0.444. The molecule has 1 aliphatic heterocycles. The summed E-state index contributed by atoms with van der Waals surface area (Å²) in [5.41, 5.74) is 3.21. The molecule has 1 aromatic heterocycles. The molecule has 1 fully saturated rings. The van der Waals surface area contributed by atoms with Gasteiger partial charge < -0.3 is 4.90 Å². The van der Waals surface area contributed by atoms with E-state index in [0.717, 1.165) is 16.5 Å². The molecular formula is C18H22N2O3S. The number of pyridine rings is 1. The van der Waals surface area contributed by atoms with Crippen molar-refractivity contribution in [2.75, 3.05) is 12.3 Å². The molecule has 0 radical (unpaired) electrons. The molecule has 1 saturated heterocycles. The van der Waals surface area contributed by atoms with E-state index in [0.29, 0.717) is 11.3 Å². The number of hydrogen-bond acceptors (Lipinski definition) is 4. The molecule has 1 aliphatic rings. The predicted octanol–water partition coefficient (Wildman–Crippen LogP) is 2.50. The molecule has 2 atom stereocenters. The van der Waals surface area contributed by atoms with Gasteiger partial charge in [-0.1, -0.05) is 12.1 Å². The van der Waals surface area contributed by atoms with E-state index in [4.69, 9.17) is 0 Å². The third-order valence-electron chi connectivity index (χ3n) is 5.01. The Kier molecular flexibility index (Phi) is 4.11. The van der Waals surface area contributed by atoms with Gasteiger partial charge in [0.1, 0.15) is 0 Å². The topological polar surface area (TPSA) is 67.3 Å². The van der Waals surface area contributed by atoms with Crippen molar-refractivity contribution in [3.8, 4) is 0 Å². The first-order chi connectivity index (χ1) is 11.2. The number of amides is 1. The number of carbonyl (C=O) groups excluding carboxylic acids is 1. The first-order valence-corrected chi connectivity index (χ1v) is 9.83. The Hall–Kier alpha value is -1.95. The largest absolute Gasteiger partial charge is 0.334 e. The van der Waals surface area contributed by atoms with Gasteiger partial charge in [0.2, 0.25) is 0 Å². The molecule has 2 heterocycles. The maximum Gasteiger partial charge on any atom is 0.256 e. The first kappa shape index (κ1) is 16.9. The van der Waals surface area contributed by atoms with Gasteiger partial charge in [-0.05, 0) is 45.4 Å². The highest BCUT2D eigenvalue weighted by Crippen LogP contribution is 2.24. The van der Waals surface area contributed by atoms with Crippen molar-refractivity contribution in [1.29, 1.82) is 0 Å². The van der Waals surface area contributed by atoms with Gasteiger partial charge in [0.15, 0.2) is 9.84 Å². The lowest BCUT2D eigenvalue weighted by Gasteiger charge is -2.37. The molecule has 0 unspecified atom stereocenters. The van der Waals surface area contributed by atoms with E-state index in [-0.39, 0.29) is 24.2 Å². The zero-order chi connectivity index (χ0) is 17.6. The number of sulfone groups is 1. The molecule has 0 spiro atoms. The van der Waals surface area contributed by atoms with Gasteiger partial charge in [-0.3, -0.25) is 9.78 Å². The molecule has 1 amide bonds. The summed E-state index contributed by atoms with van der Waals surface area (Å²) in [7, 11) is -3.12. The molecule has 0 aliphatic carbocycles. The maximum atomic E-state index is 13.0. The van der Waals surface area contributed by atoms with E-state index in [9.17, 15) is 13.2 Å². The molecular weight excluding hydrogens is 324 g/mol. The SMILES string of the molecule is Cc1ccc2cc(C(=O)N3CCS(=O)(=O)[C@@H](C)[C@H]3C)c(C)nc2c1. The highest BCUT2D eigenvalue weighted by Gasteiger charge is 2.38. The van der Waals surface area contributed by atoms with Crippen LogP contribution in [0.3, 0.4) is 0 Å². The maximum absolute atomic E-state index is 13.0. The number of carbonyl (C=O) groups is 1. The second-order valence-electron chi connectivity index (χ2n) is 6.63. The van der Waals surface area contributed by atoms with Gasteiger partial charge in [-0.15, -0.1) is 0 Å². The molecule has 0 bridgehead atoms. The summed E-state index contributed by atoms with van der Waals surface area (Å²) in [5.74, 6) is -0.125. The molecule has 5 nitrogen and oxygen atoms in total. The summed E-state index contributed by atoms with van der Waals surface area (Å²) in [6.45, 7) is 7.54. The fourth-order valence-corrected chi connectivity index (χ4v) is 4.77. The Labute approximate surface area is 142 Å². The second kappa shape index (κ2) is 5.84. The van der Waals surface area contributed by atoms with E-state index < -0.39 is 15.1 Å². The monoisotopic (exact) mass is 346 g/mol. The Morgan fingerprint density at radius 1 is 1.21 bits per heavy atom. The number of fused-ring (bicyclic) bond motifs is 1. The van der Waals surface area contributed by atoms with Crippen LogP contribution in [0.4, 0.5) is 0 Å². The molecule has 3 rings (SSSR count). The van der Waals surface area contributed by atoms with Gasteiger partial charge >= 0.3 is 0 Å². The third-order valence-corrected chi connectivity index (χ3v) is 7.29. The second-order valence-corrected chi connectivity index (χ2v) is 9.11. The summed E-state index contributed by atoms with van der Waals surface area (Å²) < 4.78 is 24.0. The molecule has 6 heteroatoms. The molecule has 2 aromatic rings. The summed E-state index contributed by atoms with van der Waals surface area (Å²) >= 11 is 0. The minimum atomic E-state index is -3.12. The van der Waals surface area contributed by atoms with Crippen LogP contribution in [0.15, 0.2) is 24.3 Å². The lowest BCUT2D eigenvalue weighted by atomic mass is 10.1. The number of aromatic nitrogens is 1. The fourth-order valence-electron chi connectivity index (χ4n) is 3.20. The normalized spacial score (nSPS) is 23.4. The minimum absolute atomic E-state index is 0.0174. The van der Waals surface area contributed by atoms with Gasteiger partial charge in [0, 0.05) is 18.0 Å². The Morgan fingerprint density at radius 3 is 2.62 bits per heavy atom. The number of aryl methyl sites for hydroxylation is 2. The third kappa shape index (κ3) is 2.79. The van der Waals surface area contributed by atoms with E-state index in [1.807, 2.05) is 38.1 Å². The van der Waals surface area contributed by atoms with E-state index in [1.54, 1.807) is 18.7 Å². The van der Waals surface area contributed by atoms with E-state index in [1.165, 1.54) is 0 Å². The van der Waals surface area contributed by atoms with Gasteiger partial charge in [-0.25, -0.2) is 8.42 Å². The average molecular weight is 346 g/mol. The van der Waals surface area contributed by atoms with Crippen molar-refractivity contribution in [3.05, 3.63) is 41.1 Å². The van der Waals surface area contributed by atoms with Gasteiger partial charge in [0.05, 0.1) is 27.8 Å². The standard InChI is InChI=1S/C18H22N2O3S/c1-11-5-6-15-10-16(12(2)19-17(15)9-11)18(21)20-7-8-24(22,23)14(4)13(20)3/h5-6,9-10,13-14H,7-8H2,1-4H3/t13-,14+/m1/s1. The smallest absolute Gasteiger partial charge is 0.256 e.